The summed E-state index contributed by atoms with van der Waals surface area (Å²) in [5, 5.41) is 4.65. The van der Waals surface area contributed by atoms with E-state index in [1.54, 1.807) is 7.11 Å². The minimum atomic E-state index is -4.28. The van der Waals surface area contributed by atoms with E-state index in [9.17, 15) is 18.0 Å². The van der Waals surface area contributed by atoms with Gasteiger partial charge in [0.1, 0.15) is 0 Å². The number of nitrogens with one attached hydrogen (secondary N) is 2. The average Bonchev–Trinajstić information content (AvgIpc) is 2.08. The van der Waals surface area contributed by atoms with E-state index < -0.39 is 18.6 Å². The SMILES string of the molecule is COC1CC(NC(=O)CNCC(F)(F)F)C1. The fraction of sp³-hybridized carbons (Fsp3) is 0.889. The molecule has 0 bridgehead atoms. The Morgan fingerprint density at radius 1 is 1.44 bits per heavy atom. The van der Waals surface area contributed by atoms with Gasteiger partial charge < -0.3 is 15.4 Å². The van der Waals surface area contributed by atoms with E-state index in [0.29, 0.717) is 0 Å². The van der Waals surface area contributed by atoms with Gasteiger partial charge in [0.2, 0.25) is 5.91 Å². The second-order valence-electron chi connectivity index (χ2n) is 3.81. The van der Waals surface area contributed by atoms with Crippen molar-refractivity contribution in [2.45, 2.75) is 31.2 Å². The van der Waals surface area contributed by atoms with Crippen LogP contribution >= 0.6 is 0 Å². The van der Waals surface area contributed by atoms with E-state index in [1.165, 1.54) is 0 Å². The smallest absolute Gasteiger partial charge is 0.381 e. The number of carbonyl (C=O) groups excluding carboxylic acids is 1. The maximum atomic E-state index is 11.7. The molecule has 1 rings (SSSR count). The third kappa shape index (κ3) is 4.80. The lowest BCUT2D eigenvalue weighted by Gasteiger charge is -2.34. The van der Waals surface area contributed by atoms with Crippen molar-refractivity contribution >= 4 is 5.91 Å². The predicted octanol–water partition coefficient (Wildman–Crippen LogP) is 0.432. The standard InChI is InChI=1S/C9H15F3N2O2/c1-16-7-2-6(3-7)14-8(15)4-13-5-9(10,11)12/h6-7,13H,2-5H2,1H3,(H,14,15). The molecule has 1 aliphatic carbocycles. The van der Waals surface area contributed by atoms with E-state index in [-0.39, 0.29) is 18.7 Å². The van der Waals surface area contributed by atoms with Crippen molar-refractivity contribution in [2.24, 2.45) is 0 Å². The van der Waals surface area contributed by atoms with Crippen LogP contribution in [0, 0.1) is 0 Å². The van der Waals surface area contributed by atoms with Crippen molar-refractivity contribution in [1.82, 2.24) is 10.6 Å². The molecule has 1 amide bonds. The number of amides is 1. The highest BCUT2D eigenvalue weighted by Gasteiger charge is 2.30. The van der Waals surface area contributed by atoms with Crippen LogP contribution in [0.1, 0.15) is 12.8 Å². The predicted molar refractivity (Wildman–Crippen MR) is 50.9 cm³/mol. The molecule has 0 atom stereocenters. The lowest BCUT2D eigenvalue weighted by Crippen LogP contribution is -2.50. The Labute approximate surface area is 91.5 Å². The quantitative estimate of drug-likeness (QED) is 0.732. The van der Waals surface area contributed by atoms with Gasteiger partial charge in [-0.3, -0.25) is 4.79 Å². The number of halogens is 3. The van der Waals surface area contributed by atoms with Crippen LogP contribution in [0.15, 0.2) is 0 Å². The van der Waals surface area contributed by atoms with E-state index in [0.717, 1.165) is 12.8 Å². The second kappa shape index (κ2) is 5.49. The number of hydrogen-bond donors (Lipinski definition) is 2. The average molecular weight is 240 g/mol. The Hall–Kier alpha value is -0.820. The first-order valence-corrected chi connectivity index (χ1v) is 5.00. The summed E-state index contributed by atoms with van der Waals surface area (Å²) in [6.45, 7) is -1.46. The van der Waals surface area contributed by atoms with Crippen LogP contribution in [0.25, 0.3) is 0 Å². The van der Waals surface area contributed by atoms with Crippen molar-refractivity contribution in [2.75, 3.05) is 20.2 Å². The van der Waals surface area contributed by atoms with Gasteiger partial charge in [-0.25, -0.2) is 0 Å². The van der Waals surface area contributed by atoms with Crippen molar-refractivity contribution in [3.8, 4) is 0 Å². The monoisotopic (exact) mass is 240 g/mol. The van der Waals surface area contributed by atoms with Crippen LogP contribution in [-0.2, 0) is 9.53 Å². The molecule has 16 heavy (non-hydrogen) atoms. The van der Waals surface area contributed by atoms with Crippen molar-refractivity contribution in [3.63, 3.8) is 0 Å². The zero-order valence-electron chi connectivity index (χ0n) is 8.93. The van der Waals surface area contributed by atoms with Gasteiger partial charge in [-0.1, -0.05) is 0 Å². The Kier molecular flexibility index (Phi) is 4.55. The lowest BCUT2D eigenvalue weighted by molar-refractivity contribution is -0.129. The first kappa shape index (κ1) is 13.2. The topological polar surface area (TPSA) is 50.4 Å². The maximum absolute atomic E-state index is 11.7. The Morgan fingerprint density at radius 2 is 2.06 bits per heavy atom. The highest BCUT2D eigenvalue weighted by Crippen LogP contribution is 2.22. The highest BCUT2D eigenvalue weighted by atomic mass is 19.4. The number of ether oxygens (including phenoxy) is 1. The molecule has 0 heterocycles. The van der Waals surface area contributed by atoms with Crippen LogP contribution < -0.4 is 10.6 Å². The Balaban J connectivity index is 2.04. The van der Waals surface area contributed by atoms with Gasteiger partial charge >= 0.3 is 6.18 Å². The fourth-order valence-corrected chi connectivity index (χ4v) is 1.47. The summed E-state index contributed by atoms with van der Waals surface area (Å²) in [6, 6.07) is 0.0325. The summed E-state index contributed by atoms with van der Waals surface area (Å²) >= 11 is 0. The third-order valence-electron chi connectivity index (χ3n) is 2.40. The molecule has 7 heteroatoms. The van der Waals surface area contributed by atoms with Crippen LogP contribution in [0.3, 0.4) is 0 Å². The molecule has 0 aliphatic heterocycles. The summed E-state index contributed by atoms with van der Waals surface area (Å²) in [7, 11) is 1.59. The Morgan fingerprint density at radius 3 is 2.56 bits per heavy atom. The summed E-state index contributed by atoms with van der Waals surface area (Å²) in [4.78, 5) is 11.1. The minimum Gasteiger partial charge on any atom is -0.381 e. The normalized spacial score (nSPS) is 25.0. The van der Waals surface area contributed by atoms with Crippen LogP contribution in [-0.4, -0.2) is 44.4 Å². The molecule has 0 saturated heterocycles. The number of carbonyl (C=O) groups is 1. The molecule has 0 aromatic heterocycles. The van der Waals surface area contributed by atoms with Gasteiger partial charge in [0.15, 0.2) is 0 Å². The van der Waals surface area contributed by atoms with E-state index in [2.05, 4.69) is 5.32 Å². The van der Waals surface area contributed by atoms with Crippen LogP contribution in [0.4, 0.5) is 13.2 Å². The molecular formula is C9H15F3N2O2. The number of alkyl halides is 3. The summed E-state index contributed by atoms with van der Waals surface area (Å²) in [5.74, 6) is -0.413. The molecule has 1 aliphatic rings. The molecule has 0 radical (unpaired) electrons. The molecular weight excluding hydrogens is 225 g/mol. The highest BCUT2D eigenvalue weighted by molar-refractivity contribution is 5.78. The van der Waals surface area contributed by atoms with Gasteiger partial charge in [-0.15, -0.1) is 0 Å². The van der Waals surface area contributed by atoms with E-state index in [4.69, 9.17) is 4.74 Å². The van der Waals surface area contributed by atoms with Gasteiger partial charge in [-0.2, -0.15) is 13.2 Å². The zero-order chi connectivity index (χ0) is 12.2. The number of methoxy groups -OCH3 is 1. The molecule has 2 N–H and O–H groups in total. The minimum absolute atomic E-state index is 0.0325. The van der Waals surface area contributed by atoms with Gasteiger partial charge in [0.05, 0.1) is 19.2 Å². The van der Waals surface area contributed by atoms with E-state index >= 15 is 0 Å². The lowest BCUT2D eigenvalue weighted by atomic mass is 9.89. The van der Waals surface area contributed by atoms with Crippen LogP contribution in [0.5, 0.6) is 0 Å². The van der Waals surface area contributed by atoms with Crippen molar-refractivity contribution in [1.29, 1.82) is 0 Å². The third-order valence-corrected chi connectivity index (χ3v) is 2.40. The van der Waals surface area contributed by atoms with Crippen LogP contribution in [0.2, 0.25) is 0 Å². The molecule has 0 unspecified atom stereocenters. The van der Waals surface area contributed by atoms with E-state index in [1.807, 2.05) is 5.32 Å². The summed E-state index contributed by atoms with van der Waals surface area (Å²) in [6.07, 6.45) is -2.67. The molecule has 94 valence electrons. The molecule has 4 nitrogen and oxygen atoms in total. The summed E-state index contributed by atoms with van der Waals surface area (Å²) in [5.41, 5.74) is 0. The fourth-order valence-electron chi connectivity index (χ4n) is 1.47. The first-order chi connectivity index (χ1) is 7.40. The number of hydrogen-bond acceptors (Lipinski definition) is 3. The molecule has 1 saturated carbocycles. The largest absolute Gasteiger partial charge is 0.401 e. The molecule has 0 spiro atoms. The van der Waals surface area contributed by atoms with Gasteiger partial charge in [0, 0.05) is 13.2 Å². The van der Waals surface area contributed by atoms with Crippen molar-refractivity contribution < 1.29 is 22.7 Å². The van der Waals surface area contributed by atoms with Gasteiger partial charge in [0.25, 0.3) is 0 Å². The first-order valence-electron chi connectivity index (χ1n) is 5.00. The maximum Gasteiger partial charge on any atom is 0.401 e. The summed E-state index contributed by atoms with van der Waals surface area (Å²) < 4.78 is 40.2. The zero-order valence-corrected chi connectivity index (χ0v) is 8.93. The molecule has 0 aromatic carbocycles. The second-order valence-corrected chi connectivity index (χ2v) is 3.81. The Bertz CT molecular complexity index is 239. The van der Waals surface area contributed by atoms with Gasteiger partial charge in [-0.05, 0) is 12.8 Å². The van der Waals surface area contributed by atoms with Crippen molar-refractivity contribution in [3.05, 3.63) is 0 Å². The molecule has 1 fully saturated rings. The number of rotatable bonds is 5. The molecule has 0 aromatic rings.